The van der Waals surface area contributed by atoms with Crippen LogP contribution in [-0.2, 0) is 0 Å². The molecule has 1 aromatic heterocycles. The molecule has 3 nitrogen and oxygen atoms in total. The van der Waals surface area contributed by atoms with Gasteiger partial charge in [0.2, 0.25) is 0 Å². The number of benzene rings is 1. The molecule has 0 saturated heterocycles. The number of rotatable bonds is 4. The molecule has 1 unspecified atom stereocenters. The van der Waals surface area contributed by atoms with Crippen LogP contribution in [0.3, 0.4) is 0 Å². The second-order valence-corrected chi connectivity index (χ2v) is 5.93. The summed E-state index contributed by atoms with van der Waals surface area (Å²) in [6.45, 7) is 2.01. The molecule has 1 atom stereocenters. The Morgan fingerprint density at radius 3 is 2.32 bits per heavy atom. The van der Waals surface area contributed by atoms with Gasteiger partial charge in [0.15, 0.2) is 11.5 Å². The highest BCUT2D eigenvalue weighted by molar-refractivity contribution is 7.16. The predicted molar refractivity (Wildman–Crippen MR) is 79.6 cm³/mol. The van der Waals surface area contributed by atoms with Crippen molar-refractivity contribution in [1.29, 1.82) is 0 Å². The van der Waals surface area contributed by atoms with E-state index < -0.39 is 0 Å². The van der Waals surface area contributed by atoms with Crippen LogP contribution in [0.5, 0.6) is 11.5 Å². The maximum Gasteiger partial charge on any atom is 0.161 e. The summed E-state index contributed by atoms with van der Waals surface area (Å²) in [5, 5.41) is 0. The second-order valence-electron chi connectivity index (χ2n) is 4.18. The molecule has 2 aromatic rings. The van der Waals surface area contributed by atoms with E-state index in [4.69, 9.17) is 26.8 Å². The minimum absolute atomic E-state index is 0.211. The molecule has 2 N–H and O–H groups in total. The van der Waals surface area contributed by atoms with Crippen molar-refractivity contribution in [3.63, 3.8) is 0 Å². The van der Waals surface area contributed by atoms with Crippen molar-refractivity contribution in [3.8, 4) is 11.5 Å². The predicted octanol–water partition coefficient (Wildman–Crippen LogP) is 3.78. The summed E-state index contributed by atoms with van der Waals surface area (Å²) >= 11 is 7.45. The number of halogens is 1. The maximum atomic E-state index is 6.30. The van der Waals surface area contributed by atoms with Gasteiger partial charge in [-0.05, 0) is 42.3 Å². The topological polar surface area (TPSA) is 44.5 Å². The largest absolute Gasteiger partial charge is 0.493 e. The zero-order valence-electron chi connectivity index (χ0n) is 11.1. The number of aryl methyl sites for hydroxylation is 1. The van der Waals surface area contributed by atoms with Crippen molar-refractivity contribution in [2.75, 3.05) is 14.2 Å². The summed E-state index contributed by atoms with van der Waals surface area (Å²) in [4.78, 5) is 1.03. The average molecular weight is 298 g/mol. The van der Waals surface area contributed by atoms with Crippen LogP contribution >= 0.6 is 22.9 Å². The lowest BCUT2D eigenvalue weighted by molar-refractivity contribution is 0.354. The van der Waals surface area contributed by atoms with Crippen LogP contribution in [0.15, 0.2) is 24.3 Å². The zero-order chi connectivity index (χ0) is 14.0. The molecule has 19 heavy (non-hydrogen) atoms. The highest BCUT2D eigenvalue weighted by atomic mass is 35.5. The third-order valence-corrected chi connectivity index (χ3v) is 4.32. The average Bonchev–Trinajstić information content (AvgIpc) is 2.84. The Kier molecular flexibility index (Phi) is 4.34. The van der Waals surface area contributed by atoms with Crippen molar-refractivity contribution >= 4 is 22.9 Å². The Morgan fingerprint density at radius 1 is 1.16 bits per heavy atom. The van der Waals surface area contributed by atoms with E-state index in [9.17, 15) is 0 Å². The normalized spacial score (nSPS) is 12.3. The van der Waals surface area contributed by atoms with Crippen LogP contribution < -0.4 is 15.2 Å². The van der Waals surface area contributed by atoms with Gasteiger partial charge < -0.3 is 15.2 Å². The van der Waals surface area contributed by atoms with Crippen LogP contribution in [0.2, 0.25) is 4.34 Å². The SMILES string of the molecule is COc1cc(C)c(C(N)c2ccc(Cl)s2)cc1OC. The summed E-state index contributed by atoms with van der Waals surface area (Å²) in [6.07, 6.45) is 0. The van der Waals surface area contributed by atoms with E-state index in [0.717, 1.165) is 20.3 Å². The molecule has 0 radical (unpaired) electrons. The number of ether oxygens (including phenoxy) is 2. The van der Waals surface area contributed by atoms with E-state index in [0.29, 0.717) is 11.5 Å². The quantitative estimate of drug-likeness (QED) is 0.934. The smallest absolute Gasteiger partial charge is 0.161 e. The molecule has 0 aliphatic rings. The molecule has 0 spiro atoms. The monoisotopic (exact) mass is 297 g/mol. The zero-order valence-corrected chi connectivity index (χ0v) is 12.6. The van der Waals surface area contributed by atoms with Gasteiger partial charge in [0, 0.05) is 4.88 Å². The Hall–Kier alpha value is -1.23. The summed E-state index contributed by atoms with van der Waals surface area (Å²) in [6, 6.07) is 7.46. The van der Waals surface area contributed by atoms with Crippen LogP contribution in [-0.4, -0.2) is 14.2 Å². The lowest BCUT2D eigenvalue weighted by atomic mass is 10.00. The third kappa shape index (κ3) is 2.86. The first-order valence-corrected chi connectivity index (χ1v) is 6.99. The van der Waals surface area contributed by atoms with Gasteiger partial charge in [-0.1, -0.05) is 11.6 Å². The number of hydrogen-bond acceptors (Lipinski definition) is 4. The van der Waals surface area contributed by atoms with Crippen molar-refractivity contribution in [3.05, 3.63) is 44.6 Å². The molecule has 1 heterocycles. The van der Waals surface area contributed by atoms with Crippen LogP contribution in [0.25, 0.3) is 0 Å². The minimum atomic E-state index is -0.211. The van der Waals surface area contributed by atoms with Crippen LogP contribution in [0, 0.1) is 6.92 Å². The second kappa shape index (κ2) is 5.82. The molecule has 5 heteroatoms. The lowest BCUT2D eigenvalue weighted by Crippen LogP contribution is -2.12. The first kappa shape index (κ1) is 14.2. The van der Waals surface area contributed by atoms with E-state index in [1.807, 2.05) is 31.2 Å². The lowest BCUT2D eigenvalue weighted by Gasteiger charge is -2.17. The highest BCUT2D eigenvalue weighted by Gasteiger charge is 2.17. The van der Waals surface area contributed by atoms with Gasteiger partial charge in [-0.2, -0.15) is 0 Å². The number of nitrogens with two attached hydrogens (primary N) is 1. The number of methoxy groups -OCH3 is 2. The van der Waals surface area contributed by atoms with Crippen LogP contribution in [0.1, 0.15) is 22.0 Å². The van der Waals surface area contributed by atoms with E-state index in [1.54, 1.807) is 14.2 Å². The molecule has 0 amide bonds. The van der Waals surface area contributed by atoms with E-state index in [2.05, 4.69) is 0 Å². The van der Waals surface area contributed by atoms with Crippen LogP contribution in [0.4, 0.5) is 0 Å². The van der Waals surface area contributed by atoms with Gasteiger partial charge in [0.1, 0.15) is 0 Å². The Bertz CT molecular complexity index is 583. The van der Waals surface area contributed by atoms with E-state index in [-0.39, 0.29) is 6.04 Å². The molecule has 102 valence electrons. The van der Waals surface area contributed by atoms with Crippen molar-refractivity contribution < 1.29 is 9.47 Å². The fourth-order valence-corrected chi connectivity index (χ4v) is 3.06. The van der Waals surface area contributed by atoms with E-state index >= 15 is 0 Å². The van der Waals surface area contributed by atoms with Gasteiger partial charge in [-0.15, -0.1) is 11.3 Å². The fraction of sp³-hybridized carbons (Fsp3) is 0.286. The molecular weight excluding hydrogens is 282 g/mol. The first-order valence-electron chi connectivity index (χ1n) is 5.80. The molecular formula is C14H16ClNO2S. The van der Waals surface area contributed by atoms with Gasteiger partial charge in [-0.3, -0.25) is 0 Å². The van der Waals surface area contributed by atoms with Gasteiger partial charge in [0.05, 0.1) is 24.6 Å². The minimum Gasteiger partial charge on any atom is -0.493 e. The summed E-state index contributed by atoms with van der Waals surface area (Å²) in [5.74, 6) is 1.39. The maximum absolute atomic E-state index is 6.30. The molecule has 0 aliphatic carbocycles. The van der Waals surface area contributed by atoms with Crippen molar-refractivity contribution in [1.82, 2.24) is 0 Å². The Morgan fingerprint density at radius 2 is 1.79 bits per heavy atom. The van der Waals surface area contributed by atoms with Gasteiger partial charge in [-0.25, -0.2) is 0 Å². The summed E-state index contributed by atoms with van der Waals surface area (Å²) < 4.78 is 11.3. The Balaban J connectivity index is 2.44. The molecule has 1 aromatic carbocycles. The van der Waals surface area contributed by atoms with Gasteiger partial charge in [0.25, 0.3) is 0 Å². The summed E-state index contributed by atoms with van der Waals surface area (Å²) in [5.41, 5.74) is 8.38. The van der Waals surface area contributed by atoms with Crippen molar-refractivity contribution in [2.24, 2.45) is 5.73 Å². The molecule has 0 bridgehead atoms. The molecule has 0 saturated carbocycles. The Labute approximate surface area is 121 Å². The fourth-order valence-electron chi connectivity index (χ4n) is 1.98. The van der Waals surface area contributed by atoms with E-state index in [1.165, 1.54) is 11.3 Å². The molecule has 2 rings (SSSR count). The third-order valence-electron chi connectivity index (χ3n) is 3.01. The van der Waals surface area contributed by atoms with Gasteiger partial charge >= 0.3 is 0 Å². The first-order chi connectivity index (χ1) is 9.06. The highest BCUT2D eigenvalue weighted by Crippen LogP contribution is 2.36. The summed E-state index contributed by atoms with van der Waals surface area (Å²) in [7, 11) is 3.24. The number of thiophene rings is 1. The molecule has 0 fully saturated rings. The molecule has 0 aliphatic heterocycles. The number of hydrogen-bond donors (Lipinski definition) is 1. The standard InChI is InChI=1S/C14H16ClNO2S/c1-8-6-10(17-2)11(18-3)7-9(8)14(16)12-4-5-13(15)19-12/h4-7,14H,16H2,1-3H3. The van der Waals surface area contributed by atoms with Crippen molar-refractivity contribution in [2.45, 2.75) is 13.0 Å².